The van der Waals surface area contributed by atoms with Gasteiger partial charge in [0.25, 0.3) is 0 Å². The van der Waals surface area contributed by atoms with Crippen molar-refractivity contribution in [2.24, 2.45) is 5.73 Å². The van der Waals surface area contributed by atoms with Crippen LogP contribution in [0, 0.1) is 0 Å². The van der Waals surface area contributed by atoms with E-state index in [2.05, 4.69) is 0 Å². The quantitative estimate of drug-likeness (QED) is 0.858. The summed E-state index contributed by atoms with van der Waals surface area (Å²) in [5, 5.41) is 0. The third-order valence-electron chi connectivity index (χ3n) is 3.05. The van der Waals surface area contributed by atoms with Gasteiger partial charge in [-0.2, -0.15) is 0 Å². The fraction of sp³-hybridized carbons (Fsp3) is 0.118. The molecule has 0 aliphatic carbocycles. The van der Waals surface area contributed by atoms with Crippen molar-refractivity contribution in [3.8, 4) is 22.6 Å². The predicted molar refractivity (Wildman–Crippen MR) is 83.2 cm³/mol. The highest BCUT2D eigenvalue weighted by Crippen LogP contribution is 2.33. The summed E-state index contributed by atoms with van der Waals surface area (Å²) in [6, 6.07) is 13.4. The van der Waals surface area contributed by atoms with Gasteiger partial charge in [-0.25, -0.2) is 0 Å². The first-order valence-corrected chi connectivity index (χ1v) is 6.44. The van der Waals surface area contributed by atoms with E-state index in [-0.39, 0.29) is 0 Å². The highest BCUT2D eigenvalue weighted by Gasteiger charge is 2.07. The lowest BCUT2D eigenvalue weighted by Crippen LogP contribution is -2.05. The highest BCUT2D eigenvalue weighted by atomic mass is 16.5. The maximum absolute atomic E-state index is 10.8. The van der Waals surface area contributed by atoms with E-state index in [1.165, 1.54) is 6.08 Å². The summed E-state index contributed by atoms with van der Waals surface area (Å²) in [6.45, 7) is 0. The summed E-state index contributed by atoms with van der Waals surface area (Å²) >= 11 is 0. The number of nitrogens with two attached hydrogens (primary N) is 1. The van der Waals surface area contributed by atoms with Gasteiger partial charge in [-0.3, -0.25) is 4.79 Å². The number of benzene rings is 2. The Morgan fingerprint density at radius 2 is 1.90 bits per heavy atom. The molecule has 0 aromatic heterocycles. The Morgan fingerprint density at radius 3 is 2.57 bits per heavy atom. The zero-order valence-corrected chi connectivity index (χ0v) is 12.0. The minimum Gasteiger partial charge on any atom is -0.497 e. The summed E-state index contributed by atoms with van der Waals surface area (Å²) in [6.07, 6.45) is 3.02. The zero-order chi connectivity index (χ0) is 15.2. The van der Waals surface area contributed by atoms with Crippen molar-refractivity contribution in [1.29, 1.82) is 0 Å². The number of hydrogen-bond acceptors (Lipinski definition) is 3. The first-order valence-electron chi connectivity index (χ1n) is 6.44. The van der Waals surface area contributed by atoms with Crippen LogP contribution in [0.25, 0.3) is 17.2 Å². The lowest BCUT2D eigenvalue weighted by molar-refractivity contribution is -0.113. The molecule has 0 aliphatic rings. The van der Waals surface area contributed by atoms with Crippen LogP contribution in [-0.2, 0) is 4.79 Å². The molecule has 0 unspecified atom stereocenters. The Balaban J connectivity index is 2.42. The summed E-state index contributed by atoms with van der Waals surface area (Å²) in [5.41, 5.74) is 7.94. The minimum atomic E-state index is -0.470. The van der Waals surface area contributed by atoms with Gasteiger partial charge in [-0.05, 0) is 35.4 Å². The van der Waals surface area contributed by atoms with E-state index >= 15 is 0 Å². The third kappa shape index (κ3) is 3.63. The van der Waals surface area contributed by atoms with Gasteiger partial charge in [-0.1, -0.05) is 18.2 Å². The van der Waals surface area contributed by atoms with Gasteiger partial charge in [0.1, 0.15) is 11.5 Å². The predicted octanol–water partition coefficient (Wildman–Crippen LogP) is 2.87. The first kappa shape index (κ1) is 14.7. The molecule has 0 aliphatic heterocycles. The Morgan fingerprint density at radius 1 is 1.10 bits per heavy atom. The van der Waals surface area contributed by atoms with Gasteiger partial charge in [0, 0.05) is 17.7 Å². The summed E-state index contributed by atoms with van der Waals surface area (Å²) in [5.74, 6) is 0.994. The standard InChI is InChI=1S/C17H17NO3/c1-20-14-7-8-15(16(11-14)21-2)13-5-3-4-12(10-13)6-9-17(18)19/h3-11H,1-2H3,(H2,18,19)/b9-6-. The van der Waals surface area contributed by atoms with Crippen molar-refractivity contribution in [1.82, 2.24) is 0 Å². The van der Waals surface area contributed by atoms with Crippen molar-refractivity contribution in [2.75, 3.05) is 14.2 Å². The maximum Gasteiger partial charge on any atom is 0.241 e. The number of ether oxygens (including phenoxy) is 2. The monoisotopic (exact) mass is 283 g/mol. The fourth-order valence-corrected chi connectivity index (χ4v) is 2.03. The number of carbonyl (C=O) groups excluding carboxylic acids is 1. The molecule has 2 rings (SSSR count). The number of hydrogen-bond donors (Lipinski definition) is 1. The molecule has 0 radical (unpaired) electrons. The average molecular weight is 283 g/mol. The molecular weight excluding hydrogens is 266 g/mol. The van der Waals surface area contributed by atoms with Crippen LogP contribution in [0.3, 0.4) is 0 Å². The van der Waals surface area contributed by atoms with Gasteiger partial charge in [0.05, 0.1) is 14.2 Å². The molecule has 4 heteroatoms. The Bertz CT molecular complexity index is 677. The first-order chi connectivity index (χ1) is 10.1. The van der Waals surface area contributed by atoms with E-state index < -0.39 is 5.91 Å². The Labute approximate surface area is 123 Å². The molecule has 108 valence electrons. The van der Waals surface area contributed by atoms with E-state index in [0.717, 1.165) is 28.2 Å². The molecule has 1 amide bonds. The second kappa shape index (κ2) is 6.61. The molecule has 2 N–H and O–H groups in total. The molecule has 0 saturated carbocycles. The van der Waals surface area contributed by atoms with E-state index in [1.54, 1.807) is 20.3 Å². The second-order valence-corrected chi connectivity index (χ2v) is 4.43. The largest absolute Gasteiger partial charge is 0.497 e. The average Bonchev–Trinajstić information content (AvgIpc) is 2.52. The highest BCUT2D eigenvalue weighted by molar-refractivity contribution is 5.90. The van der Waals surface area contributed by atoms with Gasteiger partial charge in [0.15, 0.2) is 0 Å². The number of carbonyl (C=O) groups is 1. The van der Waals surface area contributed by atoms with Crippen LogP contribution in [0.1, 0.15) is 5.56 Å². The van der Waals surface area contributed by atoms with Crippen LogP contribution in [0.2, 0.25) is 0 Å². The molecule has 0 spiro atoms. The summed E-state index contributed by atoms with van der Waals surface area (Å²) in [7, 11) is 3.23. The molecule has 0 bridgehead atoms. The normalized spacial score (nSPS) is 10.6. The number of amides is 1. The van der Waals surface area contributed by atoms with Crippen LogP contribution < -0.4 is 15.2 Å². The van der Waals surface area contributed by atoms with E-state index in [4.69, 9.17) is 15.2 Å². The molecule has 2 aromatic carbocycles. The van der Waals surface area contributed by atoms with Gasteiger partial charge in [-0.15, -0.1) is 0 Å². The van der Waals surface area contributed by atoms with Crippen molar-refractivity contribution in [3.63, 3.8) is 0 Å². The van der Waals surface area contributed by atoms with Gasteiger partial charge in [0.2, 0.25) is 5.91 Å². The Kier molecular flexibility index (Phi) is 4.61. The molecule has 0 heterocycles. The lowest BCUT2D eigenvalue weighted by Gasteiger charge is -2.11. The fourth-order valence-electron chi connectivity index (χ4n) is 2.03. The summed E-state index contributed by atoms with van der Waals surface area (Å²) in [4.78, 5) is 10.8. The third-order valence-corrected chi connectivity index (χ3v) is 3.05. The number of methoxy groups -OCH3 is 2. The van der Waals surface area contributed by atoms with Crippen LogP contribution in [0.5, 0.6) is 11.5 Å². The summed E-state index contributed by atoms with van der Waals surface area (Å²) < 4.78 is 10.6. The molecule has 4 nitrogen and oxygen atoms in total. The second-order valence-electron chi connectivity index (χ2n) is 4.43. The zero-order valence-electron chi connectivity index (χ0n) is 12.0. The van der Waals surface area contributed by atoms with Crippen molar-refractivity contribution >= 4 is 12.0 Å². The van der Waals surface area contributed by atoms with E-state index in [1.807, 2.05) is 42.5 Å². The van der Waals surface area contributed by atoms with Crippen molar-refractivity contribution in [2.45, 2.75) is 0 Å². The van der Waals surface area contributed by atoms with Crippen molar-refractivity contribution in [3.05, 3.63) is 54.1 Å². The molecule has 21 heavy (non-hydrogen) atoms. The minimum absolute atomic E-state index is 0.470. The maximum atomic E-state index is 10.8. The molecule has 2 aromatic rings. The molecule has 0 saturated heterocycles. The molecular formula is C17H17NO3. The van der Waals surface area contributed by atoms with Crippen LogP contribution >= 0.6 is 0 Å². The van der Waals surface area contributed by atoms with Gasteiger partial charge >= 0.3 is 0 Å². The van der Waals surface area contributed by atoms with Gasteiger partial charge < -0.3 is 15.2 Å². The van der Waals surface area contributed by atoms with Crippen LogP contribution in [0.15, 0.2) is 48.5 Å². The topological polar surface area (TPSA) is 61.5 Å². The van der Waals surface area contributed by atoms with E-state index in [0.29, 0.717) is 0 Å². The van der Waals surface area contributed by atoms with Crippen LogP contribution in [-0.4, -0.2) is 20.1 Å². The van der Waals surface area contributed by atoms with E-state index in [9.17, 15) is 4.79 Å². The molecule has 0 fully saturated rings. The lowest BCUT2D eigenvalue weighted by atomic mass is 10.0. The Hall–Kier alpha value is -2.75. The van der Waals surface area contributed by atoms with Crippen LogP contribution in [0.4, 0.5) is 0 Å². The number of rotatable bonds is 5. The smallest absolute Gasteiger partial charge is 0.241 e. The van der Waals surface area contributed by atoms with Crippen molar-refractivity contribution < 1.29 is 14.3 Å². The SMILES string of the molecule is COc1ccc(-c2cccc(/C=C\C(N)=O)c2)c(OC)c1. The molecule has 0 atom stereocenters. The number of primary amides is 1.